The Hall–Kier alpha value is -0.680. The molecule has 1 N–H and O–H groups in total. The molecule has 0 bridgehead atoms. The normalized spacial score (nSPS) is 19.9. The highest BCUT2D eigenvalue weighted by Crippen LogP contribution is 2.23. The standard InChI is InChI=1S/C10H14BrN3O/c1-10(2-4-15-5-3-10)14-9-12-6-8(11)7-13-9/h6-7H,2-5H2,1H3,(H,12,13,14). The van der Waals surface area contributed by atoms with Gasteiger partial charge in [0.1, 0.15) is 0 Å². The van der Waals surface area contributed by atoms with Crippen LogP contribution in [0.25, 0.3) is 0 Å². The third kappa shape index (κ3) is 2.89. The first-order chi connectivity index (χ1) is 7.18. The summed E-state index contributed by atoms with van der Waals surface area (Å²) in [6.45, 7) is 3.79. The summed E-state index contributed by atoms with van der Waals surface area (Å²) < 4.78 is 6.23. The molecule has 15 heavy (non-hydrogen) atoms. The lowest BCUT2D eigenvalue weighted by Gasteiger charge is -2.34. The minimum Gasteiger partial charge on any atom is -0.381 e. The van der Waals surface area contributed by atoms with E-state index in [2.05, 4.69) is 38.1 Å². The maximum atomic E-state index is 5.33. The molecule has 0 saturated carbocycles. The maximum Gasteiger partial charge on any atom is 0.223 e. The van der Waals surface area contributed by atoms with Crippen LogP contribution in [0.4, 0.5) is 5.95 Å². The van der Waals surface area contributed by atoms with Gasteiger partial charge < -0.3 is 10.1 Å². The number of hydrogen-bond donors (Lipinski definition) is 1. The van der Waals surface area contributed by atoms with Gasteiger partial charge in [0, 0.05) is 31.1 Å². The molecule has 0 atom stereocenters. The van der Waals surface area contributed by atoms with Crippen LogP contribution in [0, 0.1) is 0 Å². The van der Waals surface area contributed by atoms with E-state index in [-0.39, 0.29) is 5.54 Å². The van der Waals surface area contributed by atoms with Crippen LogP contribution in [-0.4, -0.2) is 28.7 Å². The molecule has 1 saturated heterocycles. The van der Waals surface area contributed by atoms with Gasteiger partial charge in [-0.05, 0) is 35.7 Å². The minimum absolute atomic E-state index is 0.0616. The summed E-state index contributed by atoms with van der Waals surface area (Å²) in [5.74, 6) is 0.683. The van der Waals surface area contributed by atoms with Gasteiger partial charge in [0.15, 0.2) is 0 Å². The molecular formula is C10H14BrN3O. The van der Waals surface area contributed by atoms with Crippen molar-refractivity contribution in [2.24, 2.45) is 0 Å². The van der Waals surface area contributed by atoms with E-state index >= 15 is 0 Å². The van der Waals surface area contributed by atoms with Crippen molar-refractivity contribution in [3.63, 3.8) is 0 Å². The highest BCUT2D eigenvalue weighted by atomic mass is 79.9. The predicted molar refractivity (Wildman–Crippen MR) is 61.8 cm³/mol. The molecule has 1 aliphatic heterocycles. The van der Waals surface area contributed by atoms with Crippen LogP contribution in [0.15, 0.2) is 16.9 Å². The Balaban J connectivity index is 2.03. The Morgan fingerprint density at radius 2 is 1.93 bits per heavy atom. The Kier molecular flexibility index (Phi) is 3.21. The molecule has 0 unspecified atom stereocenters. The summed E-state index contributed by atoms with van der Waals surface area (Å²) in [5, 5.41) is 3.36. The molecule has 5 heteroatoms. The van der Waals surface area contributed by atoms with E-state index in [0.29, 0.717) is 5.95 Å². The molecule has 82 valence electrons. The van der Waals surface area contributed by atoms with Gasteiger partial charge in [-0.2, -0.15) is 0 Å². The first kappa shape index (κ1) is 10.8. The summed E-state index contributed by atoms with van der Waals surface area (Å²) in [5.41, 5.74) is 0.0616. The van der Waals surface area contributed by atoms with Crippen molar-refractivity contribution in [3.05, 3.63) is 16.9 Å². The van der Waals surface area contributed by atoms with Crippen molar-refractivity contribution >= 4 is 21.9 Å². The van der Waals surface area contributed by atoms with Crippen LogP contribution in [-0.2, 0) is 4.74 Å². The smallest absolute Gasteiger partial charge is 0.223 e. The number of halogens is 1. The molecule has 1 aliphatic rings. The van der Waals surface area contributed by atoms with Gasteiger partial charge in [-0.3, -0.25) is 0 Å². The molecule has 4 nitrogen and oxygen atoms in total. The number of ether oxygens (including phenoxy) is 1. The monoisotopic (exact) mass is 271 g/mol. The van der Waals surface area contributed by atoms with Crippen LogP contribution >= 0.6 is 15.9 Å². The lowest BCUT2D eigenvalue weighted by Crippen LogP contribution is -2.41. The molecule has 0 radical (unpaired) electrons. The number of rotatable bonds is 2. The van der Waals surface area contributed by atoms with Gasteiger partial charge in [0.25, 0.3) is 0 Å². The Morgan fingerprint density at radius 3 is 2.53 bits per heavy atom. The van der Waals surface area contributed by atoms with Gasteiger partial charge in [-0.1, -0.05) is 0 Å². The van der Waals surface area contributed by atoms with Crippen molar-refractivity contribution in [1.82, 2.24) is 9.97 Å². The molecular weight excluding hydrogens is 258 g/mol. The SMILES string of the molecule is CC1(Nc2ncc(Br)cn2)CCOCC1. The van der Waals surface area contributed by atoms with E-state index < -0.39 is 0 Å². The first-order valence-corrected chi connectivity index (χ1v) is 5.81. The fraction of sp³-hybridized carbons (Fsp3) is 0.600. The van der Waals surface area contributed by atoms with E-state index in [0.717, 1.165) is 30.5 Å². The zero-order valence-corrected chi connectivity index (χ0v) is 10.2. The molecule has 0 spiro atoms. The average molecular weight is 272 g/mol. The number of anilines is 1. The van der Waals surface area contributed by atoms with Gasteiger partial charge in [0.05, 0.1) is 4.47 Å². The third-order valence-electron chi connectivity index (χ3n) is 2.63. The molecule has 2 heterocycles. The Morgan fingerprint density at radius 1 is 1.33 bits per heavy atom. The second-order valence-electron chi connectivity index (χ2n) is 4.02. The van der Waals surface area contributed by atoms with Gasteiger partial charge >= 0.3 is 0 Å². The van der Waals surface area contributed by atoms with Crippen LogP contribution in [0.3, 0.4) is 0 Å². The number of nitrogens with zero attached hydrogens (tertiary/aromatic N) is 2. The fourth-order valence-electron chi connectivity index (χ4n) is 1.59. The Labute approximate surface area is 97.6 Å². The van der Waals surface area contributed by atoms with Crippen molar-refractivity contribution in [2.75, 3.05) is 18.5 Å². The molecule has 0 aliphatic carbocycles. The molecule has 1 aromatic rings. The first-order valence-electron chi connectivity index (χ1n) is 5.01. The van der Waals surface area contributed by atoms with Gasteiger partial charge in [-0.15, -0.1) is 0 Å². The lowest BCUT2D eigenvalue weighted by atomic mass is 9.93. The fourth-order valence-corrected chi connectivity index (χ4v) is 1.80. The molecule has 1 fully saturated rings. The predicted octanol–water partition coefficient (Wildman–Crippen LogP) is 2.22. The second kappa shape index (κ2) is 4.45. The molecule has 2 rings (SSSR count). The number of aromatic nitrogens is 2. The van der Waals surface area contributed by atoms with Crippen molar-refractivity contribution in [2.45, 2.75) is 25.3 Å². The summed E-state index contributed by atoms with van der Waals surface area (Å²) in [6, 6.07) is 0. The lowest BCUT2D eigenvalue weighted by molar-refractivity contribution is 0.0656. The highest BCUT2D eigenvalue weighted by molar-refractivity contribution is 9.10. The molecule has 1 aromatic heterocycles. The quantitative estimate of drug-likeness (QED) is 0.896. The van der Waals surface area contributed by atoms with Crippen LogP contribution < -0.4 is 5.32 Å². The van der Waals surface area contributed by atoms with Gasteiger partial charge in [0.2, 0.25) is 5.95 Å². The maximum absolute atomic E-state index is 5.33. The van der Waals surface area contributed by atoms with Crippen LogP contribution in [0.1, 0.15) is 19.8 Å². The van der Waals surface area contributed by atoms with Crippen molar-refractivity contribution in [3.8, 4) is 0 Å². The number of nitrogens with one attached hydrogen (secondary N) is 1. The molecule has 0 amide bonds. The third-order valence-corrected chi connectivity index (χ3v) is 3.04. The number of hydrogen-bond acceptors (Lipinski definition) is 4. The largest absolute Gasteiger partial charge is 0.381 e. The zero-order chi connectivity index (χ0) is 10.7. The summed E-state index contributed by atoms with van der Waals surface area (Å²) in [4.78, 5) is 8.42. The van der Waals surface area contributed by atoms with Crippen molar-refractivity contribution in [1.29, 1.82) is 0 Å². The zero-order valence-electron chi connectivity index (χ0n) is 8.66. The van der Waals surface area contributed by atoms with E-state index in [1.54, 1.807) is 12.4 Å². The van der Waals surface area contributed by atoms with E-state index in [9.17, 15) is 0 Å². The van der Waals surface area contributed by atoms with E-state index in [1.807, 2.05) is 0 Å². The summed E-state index contributed by atoms with van der Waals surface area (Å²) >= 11 is 3.31. The van der Waals surface area contributed by atoms with Gasteiger partial charge in [-0.25, -0.2) is 9.97 Å². The van der Waals surface area contributed by atoms with E-state index in [1.165, 1.54) is 0 Å². The summed E-state index contributed by atoms with van der Waals surface area (Å²) in [7, 11) is 0. The molecule has 0 aromatic carbocycles. The van der Waals surface area contributed by atoms with Crippen LogP contribution in [0.5, 0.6) is 0 Å². The minimum atomic E-state index is 0.0616. The average Bonchev–Trinajstić information content (AvgIpc) is 2.22. The van der Waals surface area contributed by atoms with Crippen molar-refractivity contribution < 1.29 is 4.74 Å². The topological polar surface area (TPSA) is 47.0 Å². The van der Waals surface area contributed by atoms with E-state index in [4.69, 9.17) is 4.74 Å². The Bertz CT molecular complexity index is 322. The van der Waals surface area contributed by atoms with Crippen LogP contribution in [0.2, 0.25) is 0 Å². The highest BCUT2D eigenvalue weighted by Gasteiger charge is 2.27. The summed E-state index contributed by atoms with van der Waals surface area (Å²) in [6.07, 6.45) is 5.48. The second-order valence-corrected chi connectivity index (χ2v) is 4.94.